The van der Waals surface area contributed by atoms with Gasteiger partial charge in [-0.1, -0.05) is 37.3 Å². The van der Waals surface area contributed by atoms with Crippen molar-refractivity contribution in [1.29, 1.82) is 0 Å². The van der Waals surface area contributed by atoms with Crippen molar-refractivity contribution < 1.29 is 9.53 Å². The van der Waals surface area contributed by atoms with Crippen molar-refractivity contribution in [3.8, 4) is 0 Å². The van der Waals surface area contributed by atoms with Gasteiger partial charge in [0.25, 0.3) is 0 Å². The van der Waals surface area contributed by atoms with Crippen molar-refractivity contribution in [3.05, 3.63) is 35.9 Å². The van der Waals surface area contributed by atoms with Crippen LogP contribution in [0.15, 0.2) is 30.3 Å². The summed E-state index contributed by atoms with van der Waals surface area (Å²) >= 11 is 1.75. The van der Waals surface area contributed by atoms with E-state index in [1.165, 1.54) is 0 Å². The lowest BCUT2D eigenvalue weighted by atomic mass is 10.0. The van der Waals surface area contributed by atoms with Gasteiger partial charge >= 0.3 is 6.03 Å². The number of carbonyl (C=O) groups is 1. The summed E-state index contributed by atoms with van der Waals surface area (Å²) in [4.78, 5) is 12.1. The highest BCUT2D eigenvalue weighted by Crippen LogP contribution is 2.28. The van der Waals surface area contributed by atoms with Gasteiger partial charge in [0.15, 0.2) is 0 Å². The van der Waals surface area contributed by atoms with Gasteiger partial charge < -0.3 is 15.4 Å². The van der Waals surface area contributed by atoms with E-state index in [9.17, 15) is 4.79 Å². The average molecular weight is 308 g/mol. The van der Waals surface area contributed by atoms with Crippen molar-refractivity contribution in [2.75, 3.05) is 18.6 Å². The summed E-state index contributed by atoms with van der Waals surface area (Å²) in [5.41, 5.74) is 1.12. The summed E-state index contributed by atoms with van der Waals surface area (Å²) in [5.74, 6) is 0.938. The van der Waals surface area contributed by atoms with Gasteiger partial charge in [-0.25, -0.2) is 4.79 Å². The van der Waals surface area contributed by atoms with E-state index in [1.54, 1.807) is 11.8 Å². The van der Waals surface area contributed by atoms with Crippen molar-refractivity contribution in [3.63, 3.8) is 0 Å². The monoisotopic (exact) mass is 308 g/mol. The molecule has 0 bridgehead atoms. The molecule has 0 unspecified atom stereocenters. The highest BCUT2D eigenvalue weighted by atomic mass is 32.2. The molecule has 1 aliphatic rings. The molecule has 4 nitrogen and oxygen atoms in total. The van der Waals surface area contributed by atoms with Gasteiger partial charge in [-0.15, -0.1) is 0 Å². The van der Waals surface area contributed by atoms with Gasteiger partial charge in [-0.05, 0) is 24.7 Å². The first kappa shape index (κ1) is 16.2. The molecule has 1 saturated heterocycles. The molecular formula is C16H24N2O2S. The first-order valence-corrected chi connectivity index (χ1v) is 8.86. The summed E-state index contributed by atoms with van der Waals surface area (Å²) in [6.07, 6.45) is 3.81. The maximum Gasteiger partial charge on any atom is 0.315 e. The van der Waals surface area contributed by atoms with Gasteiger partial charge in [-0.2, -0.15) is 11.8 Å². The maximum atomic E-state index is 12.1. The van der Waals surface area contributed by atoms with Crippen LogP contribution in [0.5, 0.6) is 0 Å². The molecule has 1 heterocycles. The van der Waals surface area contributed by atoms with Crippen LogP contribution < -0.4 is 10.6 Å². The topological polar surface area (TPSA) is 50.4 Å². The molecule has 2 amide bonds. The number of hydrogen-bond acceptors (Lipinski definition) is 3. The van der Waals surface area contributed by atoms with E-state index in [0.29, 0.717) is 6.61 Å². The van der Waals surface area contributed by atoms with E-state index in [4.69, 9.17) is 4.74 Å². The lowest BCUT2D eigenvalue weighted by Crippen LogP contribution is -2.47. The van der Waals surface area contributed by atoms with Crippen molar-refractivity contribution >= 4 is 17.8 Å². The largest absolute Gasteiger partial charge is 0.371 e. The molecule has 0 spiro atoms. The second-order valence-corrected chi connectivity index (χ2v) is 6.19. The molecular weight excluding hydrogens is 284 g/mol. The molecule has 0 aliphatic carbocycles. The number of thioether (sulfide) groups is 1. The summed E-state index contributed by atoms with van der Waals surface area (Å²) < 4.78 is 5.78. The van der Waals surface area contributed by atoms with Crippen LogP contribution in [0.2, 0.25) is 0 Å². The van der Waals surface area contributed by atoms with Crippen LogP contribution in [-0.4, -0.2) is 36.7 Å². The minimum atomic E-state index is -0.0904. The van der Waals surface area contributed by atoms with Crippen LogP contribution in [0.1, 0.15) is 31.4 Å². The number of hydrogen-bond donors (Lipinski definition) is 2. The summed E-state index contributed by atoms with van der Waals surface area (Å²) in [6, 6.07) is 10.3. The highest BCUT2D eigenvalue weighted by Gasteiger charge is 2.31. The first-order chi connectivity index (χ1) is 10.2. The number of urea groups is 1. The Kier molecular flexibility index (Phi) is 6.39. The van der Waals surface area contributed by atoms with Crippen LogP contribution in [0.25, 0.3) is 0 Å². The fourth-order valence-electron chi connectivity index (χ4n) is 2.57. The number of nitrogens with one attached hydrogen (secondary N) is 2. The Balaban J connectivity index is 1.90. The standard InChI is InChI=1S/C16H24N2O2S/c1-3-13(11-21-2)17-16(19)18-14-9-10-20-15(14)12-7-5-4-6-8-12/h4-8,13-15H,3,9-11H2,1-2H3,(H2,17,18,19)/t13-,14+,15-/m1/s1. The highest BCUT2D eigenvalue weighted by molar-refractivity contribution is 7.98. The zero-order valence-electron chi connectivity index (χ0n) is 12.7. The Morgan fingerprint density at radius 3 is 2.86 bits per heavy atom. The van der Waals surface area contributed by atoms with Crippen molar-refractivity contribution in [1.82, 2.24) is 10.6 Å². The maximum absolute atomic E-state index is 12.1. The molecule has 2 N–H and O–H groups in total. The molecule has 1 aromatic rings. The molecule has 0 saturated carbocycles. The third-order valence-electron chi connectivity index (χ3n) is 3.73. The van der Waals surface area contributed by atoms with E-state index >= 15 is 0 Å². The number of carbonyl (C=O) groups excluding carboxylic acids is 1. The molecule has 21 heavy (non-hydrogen) atoms. The minimum absolute atomic E-state index is 0.0409. The van der Waals surface area contributed by atoms with E-state index in [-0.39, 0.29) is 24.2 Å². The van der Waals surface area contributed by atoms with Crippen LogP contribution in [0.4, 0.5) is 4.79 Å². The summed E-state index contributed by atoms with van der Waals surface area (Å²) in [7, 11) is 0. The van der Waals surface area contributed by atoms with E-state index in [0.717, 1.165) is 24.2 Å². The Labute approximate surface area is 131 Å². The predicted molar refractivity (Wildman–Crippen MR) is 87.7 cm³/mol. The van der Waals surface area contributed by atoms with Crippen LogP contribution in [-0.2, 0) is 4.74 Å². The van der Waals surface area contributed by atoms with Gasteiger partial charge in [0.1, 0.15) is 6.10 Å². The number of amides is 2. The molecule has 0 radical (unpaired) electrons. The normalized spacial score (nSPS) is 22.8. The van der Waals surface area contributed by atoms with Gasteiger partial charge in [-0.3, -0.25) is 0 Å². The van der Waals surface area contributed by atoms with Crippen LogP contribution in [0, 0.1) is 0 Å². The Morgan fingerprint density at radius 2 is 2.19 bits per heavy atom. The second-order valence-electron chi connectivity index (χ2n) is 5.28. The lowest BCUT2D eigenvalue weighted by Gasteiger charge is -2.22. The number of ether oxygens (including phenoxy) is 1. The first-order valence-electron chi connectivity index (χ1n) is 7.47. The predicted octanol–water partition coefficient (Wildman–Crippen LogP) is 2.96. The smallest absolute Gasteiger partial charge is 0.315 e. The van der Waals surface area contributed by atoms with E-state index in [2.05, 4.69) is 23.8 Å². The molecule has 3 atom stereocenters. The summed E-state index contributed by atoms with van der Waals surface area (Å²) in [6.45, 7) is 2.78. The number of benzene rings is 1. The van der Waals surface area contributed by atoms with Gasteiger partial charge in [0.05, 0.1) is 6.04 Å². The Bertz CT molecular complexity index is 441. The van der Waals surface area contributed by atoms with Crippen LogP contribution >= 0.6 is 11.8 Å². The van der Waals surface area contributed by atoms with Crippen LogP contribution in [0.3, 0.4) is 0 Å². The van der Waals surface area contributed by atoms with E-state index in [1.807, 2.05) is 30.3 Å². The quantitative estimate of drug-likeness (QED) is 0.849. The molecule has 5 heteroatoms. The molecule has 116 valence electrons. The zero-order valence-corrected chi connectivity index (χ0v) is 13.5. The van der Waals surface area contributed by atoms with Crippen molar-refractivity contribution in [2.45, 2.75) is 38.0 Å². The molecule has 0 aromatic heterocycles. The third-order valence-corrected chi connectivity index (χ3v) is 4.47. The van der Waals surface area contributed by atoms with Crippen molar-refractivity contribution in [2.24, 2.45) is 0 Å². The summed E-state index contributed by atoms with van der Waals surface area (Å²) in [5, 5.41) is 6.11. The zero-order chi connectivity index (χ0) is 15.1. The van der Waals surface area contributed by atoms with Gasteiger partial charge in [0, 0.05) is 18.4 Å². The molecule has 1 aliphatic heterocycles. The average Bonchev–Trinajstić information content (AvgIpc) is 2.95. The molecule has 1 aromatic carbocycles. The van der Waals surface area contributed by atoms with E-state index < -0.39 is 0 Å². The SMILES string of the molecule is CC[C@H](CSC)NC(=O)N[C@H]1CCO[C@@H]1c1ccccc1. The second kappa shape index (κ2) is 8.29. The Morgan fingerprint density at radius 1 is 1.43 bits per heavy atom. The molecule has 2 rings (SSSR count). The fraction of sp³-hybridized carbons (Fsp3) is 0.562. The lowest BCUT2D eigenvalue weighted by molar-refractivity contribution is 0.0998. The minimum Gasteiger partial charge on any atom is -0.371 e. The third kappa shape index (κ3) is 4.64. The fourth-order valence-corrected chi connectivity index (χ4v) is 3.29. The van der Waals surface area contributed by atoms with Gasteiger partial charge in [0.2, 0.25) is 0 Å². The molecule has 1 fully saturated rings. The number of rotatable bonds is 6. The Hall–Kier alpha value is -1.20.